The molecule has 0 bridgehead atoms. The fourth-order valence-corrected chi connectivity index (χ4v) is 4.01. The number of hydrogen-bond donors (Lipinski definition) is 3. The first kappa shape index (κ1) is 22.5. The van der Waals surface area contributed by atoms with E-state index in [0.717, 1.165) is 25.7 Å². The molecule has 0 heterocycles. The molecule has 6 nitrogen and oxygen atoms in total. The molecule has 0 radical (unpaired) electrons. The number of hydrogen-bond acceptors (Lipinski definition) is 3. The summed E-state index contributed by atoms with van der Waals surface area (Å²) < 4.78 is 0. The first-order valence-corrected chi connectivity index (χ1v) is 9.73. The number of carboxylic acid groups (broad SMARTS) is 1. The maximum atomic E-state index is 13.1. The summed E-state index contributed by atoms with van der Waals surface area (Å²) in [5, 5.41) is 15.3. The second-order valence-corrected chi connectivity index (χ2v) is 9.07. The van der Waals surface area contributed by atoms with Crippen molar-refractivity contribution in [3.63, 3.8) is 0 Å². The molecule has 6 heteroatoms. The summed E-state index contributed by atoms with van der Waals surface area (Å²) in [6.45, 7) is 9.64. The van der Waals surface area contributed by atoms with Crippen LogP contribution in [0.25, 0.3) is 0 Å². The normalized spacial score (nSPS) is 19.0. The van der Waals surface area contributed by atoms with Gasteiger partial charge in [-0.15, -0.1) is 0 Å². The van der Waals surface area contributed by atoms with Crippen LogP contribution in [0.15, 0.2) is 0 Å². The van der Waals surface area contributed by atoms with E-state index in [1.54, 1.807) is 0 Å². The van der Waals surface area contributed by atoms with Gasteiger partial charge in [-0.1, -0.05) is 47.5 Å². The topological polar surface area (TPSA) is 95.5 Å². The summed E-state index contributed by atoms with van der Waals surface area (Å²) in [6, 6.07) is -0.701. The molecule has 26 heavy (non-hydrogen) atoms. The van der Waals surface area contributed by atoms with E-state index in [9.17, 15) is 19.5 Å². The van der Waals surface area contributed by atoms with Gasteiger partial charge < -0.3 is 15.7 Å². The van der Waals surface area contributed by atoms with E-state index < -0.39 is 29.3 Å². The second-order valence-electron chi connectivity index (χ2n) is 9.07. The summed E-state index contributed by atoms with van der Waals surface area (Å²) in [6.07, 6.45) is 4.26. The van der Waals surface area contributed by atoms with Crippen molar-refractivity contribution in [2.24, 2.45) is 29.1 Å². The molecule has 1 rings (SSSR count). The number of nitrogens with one attached hydrogen (secondary N) is 2. The quantitative estimate of drug-likeness (QED) is 0.614. The van der Waals surface area contributed by atoms with Crippen molar-refractivity contribution in [3.8, 4) is 0 Å². The Morgan fingerprint density at radius 2 is 1.62 bits per heavy atom. The lowest BCUT2D eigenvalue weighted by Crippen LogP contribution is -2.55. The van der Waals surface area contributed by atoms with Gasteiger partial charge in [0.25, 0.3) is 0 Å². The average Bonchev–Trinajstić information content (AvgIpc) is 3.03. The third-order valence-electron chi connectivity index (χ3n) is 5.35. The second kappa shape index (κ2) is 9.38. The molecule has 1 unspecified atom stereocenters. The van der Waals surface area contributed by atoms with Gasteiger partial charge in [0.1, 0.15) is 6.04 Å². The number of amides is 2. The van der Waals surface area contributed by atoms with E-state index in [4.69, 9.17) is 0 Å². The van der Waals surface area contributed by atoms with Crippen molar-refractivity contribution in [3.05, 3.63) is 0 Å². The maximum absolute atomic E-state index is 13.1. The van der Waals surface area contributed by atoms with Crippen LogP contribution < -0.4 is 10.6 Å². The lowest BCUT2D eigenvalue weighted by Gasteiger charge is -2.34. The van der Waals surface area contributed by atoms with Crippen LogP contribution in [0.5, 0.6) is 0 Å². The van der Waals surface area contributed by atoms with E-state index in [-0.39, 0.29) is 23.7 Å². The largest absolute Gasteiger partial charge is 0.481 e. The molecular formula is C20H36N2O4. The smallest absolute Gasteiger partial charge is 0.307 e. The Labute approximate surface area is 157 Å². The molecule has 2 amide bonds. The summed E-state index contributed by atoms with van der Waals surface area (Å²) in [5.41, 5.74) is -0.468. The molecule has 150 valence electrons. The predicted molar refractivity (Wildman–Crippen MR) is 101 cm³/mol. The SMILES string of the molecule is CNC(=O)C(NC(=O)[C@@H](CC(C)C)[C@@H](C(=O)O)C1CCCC1)C(C)(C)C. The first-order valence-electron chi connectivity index (χ1n) is 9.73. The van der Waals surface area contributed by atoms with Gasteiger partial charge in [-0.3, -0.25) is 14.4 Å². The van der Waals surface area contributed by atoms with Crippen LogP contribution in [0.3, 0.4) is 0 Å². The number of carbonyl (C=O) groups is 3. The Bertz CT molecular complexity index is 504. The van der Waals surface area contributed by atoms with Crippen LogP contribution >= 0.6 is 0 Å². The average molecular weight is 369 g/mol. The van der Waals surface area contributed by atoms with Crippen LogP contribution in [0.1, 0.15) is 66.7 Å². The fourth-order valence-electron chi connectivity index (χ4n) is 4.01. The molecule has 1 aliphatic rings. The molecule has 1 aliphatic carbocycles. The minimum atomic E-state index is -0.898. The zero-order chi connectivity index (χ0) is 20.1. The van der Waals surface area contributed by atoms with E-state index in [1.807, 2.05) is 34.6 Å². The Morgan fingerprint density at radius 1 is 1.08 bits per heavy atom. The molecule has 0 aromatic heterocycles. The van der Waals surface area contributed by atoms with E-state index in [2.05, 4.69) is 10.6 Å². The molecule has 0 aliphatic heterocycles. The van der Waals surface area contributed by atoms with Crippen molar-refractivity contribution in [2.75, 3.05) is 7.05 Å². The van der Waals surface area contributed by atoms with Gasteiger partial charge in [0.2, 0.25) is 11.8 Å². The Hall–Kier alpha value is -1.59. The van der Waals surface area contributed by atoms with Gasteiger partial charge in [-0.2, -0.15) is 0 Å². The molecule has 3 N–H and O–H groups in total. The highest BCUT2D eigenvalue weighted by atomic mass is 16.4. The van der Waals surface area contributed by atoms with Crippen LogP contribution in [0, 0.1) is 29.1 Å². The first-order chi connectivity index (χ1) is 12.0. The Balaban J connectivity index is 3.10. The lowest BCUT2D eigenvalue weighted by molar-refractivity contribution is -0.151. The summed E-state index contributed by atoms with van der Waals surface area (Å²) in [4.78, 5) is 37.4. The molecule has 0 aromatic rings. The van der Waals surface area contributed by atoms with E-state index in [1.165, 1.54) is 7.05 Å². The molecular weight excluding hydrogens is 332 g/mol. The summed E-state index contributed by atoms with van der Waals surface area (Å²) in [5.74, 6) is -2.55. The summed E-state index contributed by atoms with van der Waals surface area (Å²) >= 11 is 0. The van der Waals surface area contributed by atoms with Crippen molar-refractivity contribution >= 4 is 17.8 Å². The predicted octanol–water partition coefficient (Wildman–Crippen LogP) is 2.82. The van der Waals surface area contributed by atoms with Crippen molar-refractivity contribution in [2.45, 2.75) is 72.8 Å². The van der Waals surface area contributed by atoms with Gasteiger partial charge in [0.05, 0.1) is 11.8 Å². The number of aliphatic carboxylic acids is 1. The number of carboxylic acids is 1. The zero-order valence-corrected chi connectivity index (χ0v) is 17.1. The van der Waals surface area contributed by atoms with Crippen LogP contribution in [-0.4, -0.2) is 36.0 Å². The van der Waals surface area contributed by atoms with Crippen LogP contribution in [-0.2, 0) is 14.4 Å². The highest BCUT2D eigenvalue weighted by molar-refractivity contribution is 5.90. The van der Waals surface area contributed by atoms with Crippen LogP contribution in [0.4, 0.5) is 0 Å². The van der Waals surface area contributed by atoms with Crippen molar-refractivity contribution in [1.82, 2.24) is 10.6 Å². The van der Waals surface area contributed by atoms with E-state index in [0.29, 0.717) is 6.42 Å². The molecule has 1 fully saturated rings. The third kappa shape index (κ3) is 5.99. The minimum absolute atomic E-state index is 0.0371. The molecule has 0 aromatic carbocycles. The van der Waals surface area contributed by atoms with Crippen molar-refractivity contribution in [1.29, 1.82) is 0 Å². The van der Waals surface area contributed by atoms with Gasteiger partial charge in [0, 0.05) is 7.05 Å². The van der Waals surface area contributed by atoms with Crippen LogP contribution in [0.2, 0.25) is 0 Å². The summed E-state index contributed by atoms with van der Waals surface area (Å²) in [7, 11) is 1.54. The Kier molecular flexibility index (Phi) is 8.10. The van der Waals surface area contributed by atoms with Gasteiger partial charge in [-0.05, 0) is 36.5 Å². The molecule has 1 saturated carbocycles. The zero-order valence-electron chi connectivity index (χ0n) is 17.1. The van der Waals surface area contributed by atoms with Crippen molar-refractivity contribution < 1.29 is 19.5 Å². The van der Waals surface area contributed by atoms with E-state index >= 15 is 0 Å². The lowest BCUT2D eigenvalue weighted by atomic mass is 9.75. The number of rotatable bonds is 8. The minimum Gasteiger partial charge on any atom is -0.481 e. The monoisotopic (exact) mass is 368 g/mol. The molecule has 3 atom stereocenters. The molecule has 0 spiro atoms. The Morgan fingerprint density at radius 3 is 2.00 bits per heavy atom. The molecule has 0 saturated heterocycles. The highest BCUT2D eigenvalue weighted by Gasteiger charge is 2.42. The standard InChI is InChI=1S/C20H36N2O4/c1-12(2)11-14(15(19(25)26)13-9-7-8-10-13)17(23)22-16(18(24)21-6)20(3,4)5/h12-16H,7-11H2,1-6H3,(H,21,24)(H,22,23)(H,25,26)/t14-,15-,16?/m0/s1. The van der Waals surface area contributed by atoms with Gasteiger partial charge >= 0.3 is 5.97 Å². The number of carbonyl (C=O) groups excluding carboxylic acids is 2. The van der Waals surface area contributed by atoms with Gasteiger partial charge in [-0.25, -0.2) is 0 Å². The highest BCUT2D eigenvalue weighted by Crippen LogP contribution is 2.38. The fraction of sp³-hybridized carbons (Fsp3) is 0.850. The third-order valence-corrected chi connectivity index (χ3v) is 5.35. The maximum Gasteiger partial charge on any atom is 0.307 e. The number of likely N-dealkylation sites (N-methyl/N-ethyl adjacent to an activating group) is 1. The van der Waals surface area contributed by atoms with Gasteiger partial charge in [0.15, 0.2) is 0 Å².